The Kier molecular flexibility index (Phi) is 7.52. The number of hydrogen-bond acceptors (Lipinski definition) is 5. The number of carbonyl (C=O) groups excluding carboxylic acids is 1. The van der Waals surface area contributed by atoms with Gasteiger partial charge in [0.1, 0.15) is 6.61 Å². The van der Waals surface area contributed by atoms with Gasteiger partial charge in [0.25, 0.3) is 0 Å². The van der Waals surface area contributed by atoms with Crippen molar-refractivity contribution in [2.24, 2.45) is 0 Å². The van der Waals surface area contributed by atoms with E-state index in [4.69, 9.17) is 14.2 Å². The maximum absolute atomic E-state index is 12.0. The molecule has 1 aromatic carbocycles. The van der Waals surface area contributed by atoms with Gasteiger partial charge in [0.15, 0.2) is 11.5 Å². The molecule has 0 N–H and O–H groups in total. The van der Waals surface area contributed by atoms with Crippen LogP contribution in [0.2, 0.25) is 0 Å². The lowest BCUT2D eigenvalue weighted by atomic mass is 10.0. The minimum Gasteiger partial charge on any atom is -0.493 e. The molecule has 2 rings (SSSR count). The zero-order valence-electron chi connectivity index (χ0n) is 15.8. The highest BCUT2D eigenvalue weighted by Crippen LogP contribution is 2.27. The second-order valence-corrected chi connectivity index (χ2v) is 6.49. The first-order chi connectivity index (χ1) is 12.1. The first kappa shape index (κ1) is 19.5. The number of likely N-dealkylation sites (tertiary alicyclic amines) is 1. The SMILES string of the molecule is COCC(=O)N1CCCC(N(C)CCc2ccc(OC)c(OC)c2)C1. The molecule has 1 unspecified atom stereocenters. The summed E-state index contributed by atoms with van der Waals surface area (Å²) in [6, 6.07) is 6.45. The van der Waals surface area contributed by atoms with E-state index < -0.39 is 0 Å². The summed E-state index contributed by atoms with van der Waals surface area (Å²) < 4.78 is 15.6. The summed E-state index contributed by atoms with van der Waals surface area (Å²) in [7, 11) is 7.00. The van der Waals surface area contributed by atoms with Crippen LogP contribution in [-0.4, -0.2) is 76.4 Å². The number of piperidine rings is 1. The number of nitrogens with zero attached hydrogens (tertiary/aromatic N) is 2. The number of methoxy groups -OCH3 is 3. The fraction of sp³-hybridized carbons (Fsp3) is 0.632. The van der Waals surface area contributed by atoms with Gasteiger partial charge < -0.3 is 24.0 Å². The summed E-state index contributed by atoms with van der Waals surface area (Å²) in [6.45, 7) is 2.72. The molecule has 1 heterocycles. The minimum atomic E-state index is 0.0838. The van der Waals surface area contributed by atoms with Crippen molar-refractivity contribution in [3.05, 3.63) is 23.8 Å². The Bertz CT molecular complexity index is 564. The molecule has 0 saturated carbocycles. The van der Waals surface area contributed by atoms with Gasteiger partial charge in [0, 0.05) is 32.8 Å². The third-order valence-corrected chi connectivity index (χ3v) is 4.84. The van der Waals surface area contributed by atoms with Crippen molar-refractivity contribution < 1.29 is 19.0 Å². The monoisotopic (exact) mass is 350 g/mol. The number of hydrogen-bond donors (Lipinski definition) is 0. The molecule has 0 bridgehead atoms. The minimum absolute atomic E-state index is 0.0838. The maximum Gasteiger partial charge on any atom is 0.248 e. The maximum atomic E-state index is 12.0. The van der Waals surface area contributed by atoms with Crippen molar-refractivity contribution in [1.29, 1.82) is 0 Å². The molecule has 0 radical (unpaired) electrons. The van der Waals surface area contributed by atoms with Gasteiger partial charge in [0.2, 0.25) is 5.91 Å². The standard InChI is InChI=1S/C19H30N2O4/c1-20(16-6-5-10-21(13-16)19(22)14-23-2)11-9-15-7-8-17(24-3)18(12-15)25-4/h7-8,12,16H,5-6,9-11,13-14H2,1-4H3. The summed E-state index contributed by atoms with van der Waals surface area (Å²) in [4.78, 5) is 16.3. The van der Waals surface area contributed by atoms with Crippen molar-refractivity contribution in [3.63, 3.8) is 0 Å². The number of carbonyl (C=O) groups is 1. The predicted octanol–water partition coefficient (Wildman–Crippen LogP) is 1.82. The molecule has 1 amide bonds. The van der Waals surface area contributed by atoms with Gasteiger partial charge in [-0.1, -0.05) is 6.07 Å². The first-order valence-corrected chi connectivity index (χ1v) is 8.77. The number of likely N-dealkylation sites (N-methyl/N-ethyl adjacent to an activating group) is 1. The van der Waals surface area contributed by atoms with E-state index in [1.54, 1.807) is 21.3 Å². The van der Waals surface area contributed by atoms with Gasteiger partial charge in [-0.2, -0.15) is 0 Å². The Morgan fingerprint density at radius 2 is 2.00 bits per heavy atom. The van der Waals surface area contributed by atoms with Gasteiger partial charge >= 0.3 is 0 Å². The van der Waals surface area contributed by atoms with Crippen LogP contribution in [0.25, 0.3) is 0 Å². The molecule has 1 aromatic rings. The van der Waals surface area contributed by atoms with Crippen molar-refractivity contribution in [1.82, 2.24) is 9.80 Å². The van der Waals surface area contributed by atoms with Crippen LogP contribution in [0.15, 0.2) is 18.2 Å². The smallest absolute Gasteiger partial charge is 0.248 e. The Balaban J connectivity index is 1.89. The first-order valence-electron chi connectivity index (χ1n) is 8.77. The normalized spacial score (nSPS) is 17.6. The predicted molar refractivity (Wildman–Crippen MR) is 97.4 cm³/mol. The van der Waals surface area contributed by atoms with Crippen LogP contribution in [-0.2, 0) is 16.0 Å². The van der Waals surface area contributed by atoms with Crippen molar-refractivity contribution in [2.45, 2.75) is 25.3 Å². The Morgan fingerprint density at radius 3 is 2.68 bits per heavy atom. The Morgan fingerprint density at radius 1 is 1.24 bits per heavy atom. The molecular formula is C19H30N2O4. The lowest BCUT2D eigenvalue weighted by molar-refractivity contribution is -0.137. The molecule has 6 nitrogen and oxygen atoms in total. The number of amides is 1. The van der Waals surface area contributed by atoms with E-state index in [0.29, 0.717) is 6.04 Å². The van der Waals surface area contributed by atoms with Crippen LogP contribution in [0.4, 0.5) is 0 Å². The average Bonchev–Trinajstić information content (AvgIpc) is 2.66. The van der Waals surface area contributed by atoms with Gasteiger partial charge in [-0.05, 0) is 44.0 Å². The van der Waals surface area contributed by atoms with Gasteiger partial charge in [-0.3, -0.25) is 4.79 Å². The quantitative estimate of drug-likeness (QED) is 0.716. The van der Waals surface area contributed by atoms with E-state index in [2.05, 4.69) is 18.0 Å². The molecule has 25 heavy (non-hydrogen) atoms. The summed E-state index contributed by atoms with van der Waals surface area (Å²) in [5, 5.41) is 0. The molecule has 0 aliphatic carbocycles. The molecular weight excluding hydrogens is 320 g/mol. The third kappa shape index (κ3) is 5.34. The van der Waals surface area contributed by atoms with Crippen LogP contribution in [0.3, 0.4) is 0 Å². The highest BCUT2D eigenvalue weighted by Gasteiger charge is 2.25. The molecule has 1 aliphatic rings. The molecule has 0 aromatic heterocycles. The zero-order chi connectivity index (χ0) is 18.2. The van der Waals surface area contributed by atoms with Crippen molar-refractivity contribution in [2.75, 3.05) is 54.6 Å². The molecule has 140 valence electrons. The average molecular weight is 350 g/mol. The molecule has 0 spiro atoms. The number of ether oxygens (including phenoxy) is 3. The molecule has 6 heteroatoms. The summed E-state index contributed by atoms with van der Waals surface area (Å²) in [6.07, 6.45) is 3.10. The molecule has 1 saturated heterocycles. The fourth-order valence-electron chi connectivity index (χ4n) is 3.28. The summed E-state index contributed by atoms with van der Waals surface area (Å²) >= 11 is 0. The highest BCUT2D eigenvalue weighted by molar-refractivity contribution is 5.77. The van der Waals surface area contributed by atoms with Crippen LogP contribution in [0, 0.1) is 0 Å². The highest BCUT2D eigenvalue weighted by atomic mass is 16.5. The van der Waals surface area contributed by atoms with Crippen molar-refractivity contribution >= 4 is 5.91 Å². The van der Waals surface area contributed by atoms with E-state index in [-0.39, 0.29) is 12.5 Å². The molecule has 1 atom stereocenters. The summed E-state index contributed by atoms with van der Waals surface area (Å²) in [5.74, 6) is 1.59. The third-order valence-electron chi connectivity index (χ3n) is 4.84. The Labute approximate surface area is 150 Å². The van der Waals surface area contributed by atoms with Gasteiger partial charge in [-0.25, -0.2) is 0 Å². The van der Waals surface area contributed by atoms with E-state index in [9.17, 15) is 4.79 Å². The van der Waals surface area contributed by atoms with Gasteiger partial charge in [0.05, 0.1) is 14.2 Å². The lowest BCUT2D eigenvalue weighted by Crippen LogP contribution is -2.49. The Hall–Kier alpha value is -1.79. The number of rotatable bonds is 8. The van der Waals surface area contributed by atoms with E-state index in [1.807, 2.05) is 17.0 Å². The van der Waals surface area contributed by atoms with Crippen LogP contribution >= 0.6 is 0 Å². The van der Waals surface area contributed by atoms with E-state index >= 15 is 0 Å². The topological polar surface area (TPSA) is 51.2 Å². The van der Waals surface area contributed by atoms with Crippen molar-refractivity contribution in [3.8, 4) is 11.5 Å². The largest absolute Gasteiger partial charge is 0.493 e. The molecule has 1 aliphatic heterocycles. The second-order valence-electron chi connectivity index (χ2n) is 6.49. The lowest BCUT2D eigenvalue weighted by Gasteiger charge is -2.37. The molecule has 1 fully saturated rings. The van der Waals surface area contributed by atoms with E-state index in [0.717, 1.165) is 50.4 Å². The van der Waals surface area contributed by atoms with Crippen LogP contribution < -0.4 is 9.47 Å². The number of benzene rings is 1. The summed E-state index contributed by atoms with van der Waals surface area (Å²) in [5.41, 5.74) is 1.22. The van der Waals surface area contributed by atoms with E-state index in [1.165, 1.54) is 5.56 Å². The second kappa shape index (κ2) is 9.63. The van der Waals surface area contributed by atoms with Crippen LogP contribution in [0.5, 0.6) is 11.5 Å². The van der Waals surface area contributed by atoms with Crippen LogP contribution in [0.1, 0.15) is 18.4 Å². The zero-order valence-corrected chi connectivity index (χ0v) is 15.8. The fourth-order valence-corrected chi connectivity index (χ4v) is 3.28. The van der Waals surface area contributed by atoms with Gasteiger partial charge in [-0.15, -0.1) is 0 Å².